The van der Waals surface area contributed by atoms with Crippen LogP contribution in [0.4, 0.5) is 0 Å². The first kappa shape index (κ1) is 19.0. The van der Waals surface area contributed by atoms with E-state index in [1.807, 2.05) is 19.1 Å². The molecular formula is C25H28O4. The largest absolute Gasteiger partial charge is 0.386 e. The number of aliphatic hydroxyl groups is 1. The van der Waals surface area contributed by atoms with Gasteiger partial charge in [-0.2, -0.15) is 0 Å². The number of aryl methyl sites for hydroxylation is 1. The Labute approximate surface area is 171 Å². The van der Waals surface area contributed by atoms with E-state index in [9.17, 15) is 14.7 Å². The fraction of sp³-hybridized carbons (Fsp3) is 0.520. The zero-order valence-corrected chi connectivity index (χ0v) is 17.2. The molecule has 0 aromatic heterocycles. The molecule has 4 heteroatoms. The Bertz CT molecular complexity index is 960. The number of carbonyl (C=O) groups excluding carboxylic acids is 2. The molecule has 0 radical (unpaired) electrons. The third-order valence-electron chi connectivity index (χ3n) is 8.03. The maximum Gasteiger partial charge on any atom is 0.164 e. The maximum atomic E-state index is 13.0. The van der Waals surface area contributed by atoms with Gasteiger partial charge in [0, 0.05) is 5.92 Å². The van der Waals surface area contributed by atoms with E-state index in [-0.39, 0.29) is 41.5 Å². The minimum Gasteiger partial charge on any atom is -0.386 e. The van der Waals surface area contributed by atoms with Crippen molar-refractivity contribution < 1.29 is 19.4 Å². The lowest BCUT2D eigenvalue weighted by atomic mass is 9.48. The Morgan fingerprint density at radius 1 is 1.38 bits per heavy atom. The van der Waals surface area contributed by atoms with Gasteiger partial charge in [0.05, 0.1) is 11.5 Å². The Balaban J connectivity index is 1.52. The van der Waals surface area contributed by atoms with E-state index in [0.29, 0.717) is 6.42 Å². The van der Waals surface area contributed by atoms with Crippen molar-refractivity contribution >= 4 is 11.6 Å². The summed E-state index contributed by atoms with van der Waals surface area (Å²) in [5.74, 6) is 0.511. The molecule has 1 heterocycles. The number of carbonyl (C=O) groups is 2. The predicted octanol–water partition coefficient (Wildman–Crippen LogP) is 3.63. The molecule has 4 aliphatic rings. The second-order valence-electron chi connectivity index (χ2n) is 9.51. The normalized spacial score (nSPS) is 40.6. The summed E-state index contributed by atoms with van der Waals surface area (Å²) in [5, 5.41) is 11.5. The van der Waals surface area contributed by atoms with E-state index in [1.54, 1.807) is 19.1 Å². The van der Waals surface area contributed by atoms with Crippen LogP contribution in [-0.4, -0.2) is 34.5 Å². The van der Waals surface area contributed by atoms with Crippen LogP contribution in [0.25, 0.3) is 0 Å². The number of epoxide rings is 1. The standard InChI is InChI=1S/C25H28O4/c1-14(6-7-15(2)26)16-8-10-18-17(13-16)9-11-19-21(18)22-23(29-22)25(28)12-4-5-20(27)24(19,25)3/h4-8,10,13-14,19,21-23,28H,9,11-12H2,1-3H3/t14-,19+,21+,22+,23+,24+,25+/m1/s1. The van der Waals surface area contributed by atoms with Gasteiger partial charge in [0.2, 0.25) is 0 Å². The second kappa shape index (κ2) is 6.23. The molecule has 1 aliphatic heterocycles. The molecule has 7 atom stereocenters. The van der Waals surface area contributed by atoms with E-state index in [2.05, 4.69) is 25.1 Å². The monoisotopic (exact) mass is 392 g/mol. The van der Waals surface area contributed by atoms with Gasteiger partial charge in [-0.15, -0.1) is 0 Å². The Hall–Kier alpha value is -2.04. The average molecular weight is 392 g/mol. The summed E-state index contributed by atoms with van der Waals surface area (Å²) in [4.78, 5) is 24.3. The van der Waals surface area contributed by atoms with Crippen LogP contribution in [0.1, 0.15) is 62.1 Å². The fourth-order valence-corrected chi connectivity index (χ4v) is 6.24. The summed E-state index contributed by atoms with van der Waals surface area (Å²) in [7, 11) is 0. The van der Waals surface area contributed by atoms with Crippen LogP contribution >= 0.6 is 0 Å². The minimum atomic E-state index is -1.09. The van der Waals surface area contributed by atoms with Gasteiger partial charge in [0.15, 0.2) is 11.6 Å². The molecule has 1 aromatic rings. The summed E-state index contributed by atoms with van der Waals surface area (Å²) in [5.41, 5.74) is 1.90. The van der Waals surface area contributed by atoms with Crippen LogP contribution < -0.4 is 0 Å². The van der Waals surface area contributed by atoms with E-state index in [0.717, 1.165) is 12.8 Å². The van der Waals surface area contributed by atoms with Crippen molar-refractivity contribution in [2.24, 2.45) is 11.3 Å². The van der Waals surface area contributed by atoms with Crippen LogP contribution in [0.2, 0.25) is 0 Å². The number of fused-ring (bicyclic) bond motifs is 8. The number of ketones is 2. The fourth-order valence-electron chi connectivity index (χ4n) is 6.24. The maximum absolute atomic E-state index is 13.0. The number of ether oxygens (including phenoxy) is 1. The highest BCUT2D eigenvalue weighted by atomic mass is 16.6. The van der Waals surface area contributed by atoms with E-state index in [4.69, 9.17) is 4.74 Å². The lowest BCUT2D eigenvalue weighted by Gasteiger charge is -2.55. The molecule has 0 spiro atoms. The molecule has 29 heavy (non-hydrogen) atoms. The highest BCUT2D eigenvalue weighted by Crippen LogP contribution is 2.66. The van der Waals surface area contributed by atoms with Crippen molar-refractivity contribution in [3.05, 3.63) is 59.2 Å². The smallest absolute Gasteiger partial charge is 0.164 e. The highest BCUT2D eigenvalue weighted by molar-refractivity contribution is 5.97. The van der Waals surface area contributed by atoms with Crippen LogP contribution in [0, 0.1) is 11.3 Å². The minimum absolute atomic E-state index is 0.00249. The van der Waals surface area contributed by atoms with Gasteiger partial charge in [0.25, 0.3) is 0 Å². The van der Waals surface area contributed by atoms with Crippen LogP contribution in [-0.2, 0) is 20.7 Å². The summed E-state index contributed by atoms with van der Waals surface area (Å²) in [6, 6.07) is 6.58. The van der Waals surface area contributed by atoms with Gasteiger partial charge < -0.3 is 9.84 Å². The third kappa shape index (κ3) is 2.52. The highest BCUT2D eigenvalue weighted by Gasteiger charge is 2.74. The topological polar surface area (TPSA) is 66.9 Å². The number of hydrogen-bond donors (Lipinski definition) is 1. The van der Waals surface area contributed by atoms with Crippen molar-refractivity contribution in [1.29, 1.82) is 0 Å². The molecule has 1 aromatic carbocycles. The lowest BCUT2D eigenvalue weighted by Crippen LogP contribution is -2.65. The Kier molecular flexibility index (Phi) is 4.07. The number of allylic oxidation sites excluding steroid dienone is 3. The van der Waals surface area contributed by atoms with Crippen molar-refractivity contribution in [1.82, 2.24) is 0 Å². The molecule has 2 fully saturated rings. The SMILES string of the molecule is CC(=O)C=C[C@@H](C)c1ccc2c(c1)CC[C@H]1[C@H]2[C@@H]2O[C@@H]2[C@@]2(O)CC=CC(=O)[C@]12C. The molecule has 4 nitrogen and oxygen atoms in total. The summed E-state index contributed by atoms with van der Waals surface area (Å²) in [6.07, 6.45) is 9.06. The zero-order chi connectivity index (χ0) is 20.6. The summed E-state index contributed by atoms with van der Waals surface area (Å²) in [6.45, 7) is 5.62. The molecule has 1 N–H and O–H groups in total. The number of hydrogen-bond acceptors (Lipinski definition) is 4. The van der Waals surface area contributed by atoms with E-state index < -0.39 is 11.0 Å². The quantitative estimate of drug-likeness (QED) is 0.630. The van der Waals surface area contributed by atoms with Crippen LogP contribution in [0.3, 0.4) is 0 Å². The molecule has 5 rings (SSSR count). The lowest BCUT2D eigenvalue weighted by molar-refractivity contribution is -0.164. The van der Waals surface area contributed by atoms with Gasteiger partial charge in [-0.3, -0.25) is 9.59 Å². The first-order valence-corrected chi connectivity index (χ1v) is 10.7. The van der Waals surface area contributed by atoms with E-state index in [1.165, 1.54) is 16.7 Å². The van der Waals surface area contributed by atoms with Crippen LogP contribution in [0.5, 0.6) is 0 Å². The first-order chi connectivity index (χ1) is 13.8. The van der Waals surface area contributed by atoms with Crippen molar-refractivity contribution in [2.45, 2.75) is 69.7 Å². The molecule has 1 saturated heterocycles. The van der Waals surface area contributed by atoms with Gasteiger partial charge in [0.1, 0.15) is 11.7 Å². The molecule has 0 unspecified atom stereocenters. The van der Waals surface area contributed by atoms with Gasteiger partial charge in [-0.25, -0.2) is 0 Å². The number of rotatable bonds is 3. The summed E-state index contributed by atoms with van der Waals surface area (Å²) >= 11 is 0. The number of benzene rings is 1. The van der Waals surface area contributed by atoms with Gasteiger partial charge in [-0.1, -0.05) is 37.3 Å². The molecular weight excluding hydrogens is 364 g/mol. The molecule has 3 aliphatic carbocycles. The second-order valence-corrected chi connectivity index (χ2v) is 9.51. The Morgan fingerprint density at radius 3 is 2.93 bits per heavy atom. The molecule has 0 amide bonds. The summed E-state index contributed by atoms with van der Waals surface area (Å²) < 4.78 is 6.05. The third-order valence-corrected chi connectivity index (χ3v) is 8.03. The van der Waals surface area contributed by atoms with Crippen molar-refractivity contribution in [3.8, 4) is 0 Å². The van der Waals surface area contributed by atoms with E-state index >= 15 is 0 Å². The van der Waals surface area contributed by atoms with Gasteiger partial charge >= 0.3 is 0 Å². The van der Waals surface area contributed by atoms with Crippen molar-refractivity contribution in [2.75, 3.05) is 0 Å². The molecule has 152 valence electrons. The average Bonchev–Trinajstić information content (AvgIpc) is 3.50. The van der Waals surface area contributed by atoms with Gasteiger partial charge in [-0.05, 0) is 73.8 Å². The Morgan fingerprint density at radius 2 is 2.17 bits per heavy atom. The molecule has 1 saturated carbocycles. The molecule has 0 bridgehead atoms. The van der Waals surface area contributed by atoms with Crippen LogP contribution in [0.15, 0.2) is 42.5 Å². The van der Waals surface area contributed by atoms with Crippen molar-refractivity contribution in [3.63, 3.8) is 0 Å². The predicted molar refractivity (Wildman–Crippen MR) is 110 cm³/mol. The zero-order valence-electron chi connectivity index (χ0n) is 17.2. The first-order valence-electron chi connectivity index (χ1n) is 10.7.